The van der Waals surface area contributed by atoms with Gasteiger partial charge in [0.15, 0.2) is 18.1 Å². The molecular formula is C22H21BrN2O5. The second-order valence-corrected chi connectivity index (χ2v) is 7.18. The minimum absolute atomic E-state index is 0.209. The predicted molar refractivity (Wildman–Crippen MR) is 118 cm³/mol. The van der Waals surface area contributed by atoms with Crippen LogP contribution in [0.5, 0.6) is 11.5 Å². The molecule has 0 aliphatic carbocycles. The number of carbonyl (C=O) groups excluding carboxylic acids is 2. The number of nitrogens with zero attached hydrogens (tertiary/aromatic N) is 2. The molecule has 156 valence electrons. The number of benzene rings is 2. The van der Waals surface area contributed by atoms with Crippen LogP contribution in [0.1, 0.15) is 19.4 Å². The Hall–Kier alpha value is -3.13. The summed E-state index contributed by atoms with van der Waals surface area (Å²) in [5.41, 5.74) is 2.52. The van der Waals surface area contributed by atoms with E-state index in [2.05, 4.69) is 25.8 Å². The Morgan fingerprint density at radius 1 is 1.20 bits per heavy atom. The molecule has 0 N–H and O–H groups in total. The lowest BCUT2D eigenvalue weighted by Gasteiger charge is -2.14. The number of para-hydroxylation sites is 1. The quantitative estimate of drug-likeness (QED) is 0.445. The number of rotatable bonds is 7. The van der Waals surface area contributed by atoms with Gasteiger partial charge in [0.25, 0.3) is 5.91 Å². The summed E-state index contributed by atoms with van der Waals surface area (Å²) in [6.45, 7) is 3.80. The van der Waals surface area contributed by atoms with Gasteiger partial charge in [-0.15, -0.1) is 0 Å². The van der Waals surface area contributed by atoms with Gasteiger partial charge in [-0.25, -0.2) is 4.79 Å². The summed E-state index contributed by atoms with van der Waals surface area (Å²) in [6, 6.07) is 12.8. The fraction of sp³-hybridized carbons (Fsp3) is 0.227. The fourth-order valence-corrected chi connectivity index (χ4v) is 3.43. The van der Waals surface area contributed by atoms with E-state index in [-0.39, 0.29) is 12.5 Å². The molecule has 1 heterocycles. The van der Waals surface area contributed by atoms with E-state index in [1.54, 1.807) is 25.1 Å². The Balaban J connectivity index is 1.92. The fourth-order valence-electron chi connectivity index (χ4n) is 2.86. The normalized spacial score (nSPS) is 14.7. The predicted octanol–water partition coefficient (Wildman–Crippen LogP) is 4.21. The van der Waals surface area contributed by atoms with Crippen molar-refractivity contribution in [3.63, 3.8) is 0 Å². The van der Waals surface area contributed by atoms with Gasteiger partial charge in [-0.05, 0) is 65.7 Å². The molecule has 1 amide bonds. The van der Waals surface area contributed by atoms with Crippen molar-refractivity contribution < 1.29 is 23.8 Å². The lowest BCUT2D eigenvalue weighted by atomic mass is 10.1. The maximum atomic E-state index is 12.9. The average Bonchev–Trinajstić information content (AvgIpc) is 3.02. The molecule has 30 heavy (non-hydrogen) atoms. The second kappa shape index (κ2) is 9.58. The van der Waals surface area contributed by atoms with Crippen molar-refractivity contribution in [2.24, 2.45) is 5.10 Å². The Labute approximate surface area is 183 Å². The highest BCUT2D eigenvalue weighted by Crippen LogP contribution is 2.38. The maximum Gasteiger partial charge on any atom is 0.343 e. The molecule has 0 bridgehead atoms. The highest BCUT2D eigenvalue weighted by molar-refractivity contribution is 9.10. The largest absolute Gasteiger partial charge is 0.490 e. The minimum atomic E-state index is -0.500. The molecule has 2 aromatic carbocycles. The zero-order chi connectivity index (χ0) is 21.7. The highest BCUT2D eigenvalue weighted by atomic mass is 79.9. The van der Waals surface area contributed by atoms with Crippen molar-refractivity contribution in [2.45, 2.75) is 13.8 Å². The van der Waals surface area contributed by atoms with Crippen LogP contribution in [0.25, 0.3) is 6.08 Å². The summed E-state index contributed by atoms with van der Waals surface area (Å²) in [5.74, 6) is 0.125. The van der Waals surface area contributed by atoms with E-state index in [0.717, 1.165) is 5.56 Å². The van der Waals surface area contributed by atoms with Gasteiger partial charge in [-0.2, -0.15) is 10.1 Å². The third-order valence-corrected chi connectivity index (χ3v) is 4.86. The third kappa shape index (κ3) is 4.71. The SMILES string of the molecule is CCOc1cc(/C=C2/C(=O)N(c3ccccc3)N=C2C)cc(Br)c1OCC(=O)OC. The first-order valence-corrected chi connectivity index (χ1v) is 10.1. The Bertz CT molecular complexity index is 1020. The van der Waals surface area contributed by atoms with E-state index in [9.17, 15) is 9.59 Å². The van der Waals surface area contributed by atoms with Crippen molar-refractivity contribution >= 4 is 45.3 Å². The molecular weight excluding hydrogens is 452 g/mol. The molecule has 0 saturated carbocycles. The molecule has 1 aliphatic heterocycles. The number of halogens is 1. The van der Waals surface area contributed by atoms with E-state index in [4.69, 9.17) is 9.47 Å². The Morgan fingerprint density at radius 3 is 2.60 bits per heavy atom. The molecule has 1 aliphatic rings. The summed E-state index contributed by atoms with van der Waals surface area (Å²) in [7, 11) is 1.29. The van der Waals surface area contributed by atoms with Gasteiger partial charge in [0, 0.05) is 0 Å². The number of ether oxygens (including phenoxy) is 3. The van der Waals surface area contributed by atoms with Gasteiger partial charge in [0.2, 0.25) is 0 Å². The van der Waals surface area contributed by atoms with Crippen LogP contribution in [0.3, 0.4) is 0 Å². The zero-order valence-corrected chi connectivity index (χ0v) is 18.4. The second-order valence-electron chi connectivity index (χ2n) is 6.32. The first kappa shape index (κ1) is 21.6. The van der Waals surface area contributed by atoms with Crippen molar-refractivity contribution in [3.05, 3.63) is 58.1 Å². The number of methoxy groups -OCH3 is 1. The van der Waals surface area contributed by atoms with Gasteiger partial charge < -0.3 is 14.2 Å². The smallest absolute Gasteiger partial charge is 0.343 e. The number of anilines is 1. The first-order chi connectivity index (χ1) is 14.4. The molecule has 2 aromatic rings. The summed E-state index contributed by atoms with van der Waals surface area (Å²) in [5, 5.41) is 5.77. The molecule has 0 radical (unpaired) electrons. The van der Waals surface area contributed by atoms with Gasteiger partial charge in [0.05, 0.1) is 35.2 Å². The van der Waals surface area contributed by atoms with Crippen LogP contribution in [-0.4, -0.2) is 37.9 Å². The molecule has 0 spiro atoms. The summed E-state index contributed by atoms with van der Waals surface area (Å²) < 4.78 is 16.4. The molecule has 8 heteroatoms. The van der Waals surface area contributed by atoms with Gasteiger partial charge >= 0.3 is 5.97 Å². The van der Waals surface area contributed by atoms with E-state index in [1.165, 1.54) is 12.1 Å². The highest BCUT2D eigenvalue weighted by Gasteiger charge is 2.28. The summed E-state index contributed by atoms with van der Waals surface area (Å²) in [4.78, 5) is 24.3. The van der Waals surface area contributed by atoms with Crippen LogP contribution in [0.4, 0.5) is 5.69 Å². The van der Waals surface area contributed by atoms with Crippen LogP contribution in [0.2, 0.25) is 0 Å². The number of carbonyl (C=O) groups is 2. The molecule has 0 atom stereocenters. The molecule has 0 aromatic heterocycles. The summed E-state index contributed by atoms with van der Waals surface area (Å²) >= 11 is 3.46. The van der Waals surface area contributed by atoms with Crippen LogP contribution < -0.4 is 14.5 Å². The van der Waals surface area contributed by atoms with Crippen molar-refractivity contribution in [1.82, 2.24) is 0 Å². The maximum absolute atomic E-state index is 12.9. The lowest BCUT2D eigenvalue weighted by molar-refractivity contribution is -0.142. The summed E-state index contributed by atoms with van der Waals surface area (Å²) in [6.07, 6.45) is 1.75. The van der Waals surface area contributed by atoms with E-state index in [0.29, 0.717) is 39.6 Å². The monoisotopic (exact) mass is 472 g/mol. The molecule has 0 fully saturated rings. The lowest BCUT2D eigenvalue weighted by Crippen LogP contribution is -2.21. The Kier molecular flexibility index (Phi) is 6.89. The topological polar surface area (TPSA) is 77.4 Å². The molecule has 0 unspecified atom stereocenters. The van der Waals surface area contributed by atoms with Crippen molar-refractivity contribution in [2.75, 3.05) is 25.3 Å². The van der Waals surface area contributed by atoms with Gasteiger partial charge in [0.1, 0.15) is 0 Å². The van der Waals surface area contributed by atoms with Crippen LogP contribution in [-0.2, 0) is 14.3 Å². The number of hydrazone groups is 1. The molecule has 7 nitrogen and oxygen atoms in total. The van der Waals surface area contributed by atoms with Crippen molar-refractivity contribution in [3.8, 4) is 11.5 Å². The van der Waals surface area contributed by atoms with E-state index in [1.807, 2.05) is 37.3 Å². The number of amides is 1. The number of hydrogen-bond donors (Lipinski definition) is 0. The van der Waals surface area contributed by atoms with Gasteiger partial charge in [-0.1, -0.05) is 18.2 Å². The van der Waals surface area contributed by atoms with Crippen LogP contribution in [0.15, 0.2) is 57.6 Å². The standard InChI is InChI=1S/C22H21BrN2O5/c1-4-29-19-12-15(11-18(23)21(19)30-13-20(26)28-3)10-17-14(2)24-25(22(17)27)16-8-6-5-7-9-16/h5-12H,4,13H2,1-3H3/b17-10+. The number of esters is 1. The van der Waals surface area contributed by atoms with Crippen LogP contribution in [0, 0.1) is 0 Å². The van der Waals surface area contributed by atoms with E-state index < -0.39 is 5.97 Å². The van der Waals surface area contributed by atoms with Crippen LogP contribution >= 0.6 is 15.9 Å². The average molecular weight is 473 g/mol. The minimum Gasteiger partial charge on any atom is -0.490 e. The Morgan fingerprint density at radius 2 is 1.93 bits per heavy atom. The van der Waals surface area contributed by atoms with E-state index >= 15 is 0 Å². The third-order valence-electron chi connectivity index (χ3n) is 4.27. The van der Waals surface area contributed by atoms with Gasteiger partial charge in [-0.3, -0.25) is 4.79 Å². The molecule has 0 saturated heterocycles. The first-order valence-electron chi connectivity index (χ1n) is 9.27. The number of hydrogen-bond acceptors (Lipinski definition) is 6. The van der Waals surface area contributed by atoms with Crippen molar-refractivity contribution in [1.29, 1.82) is 0 Å². The zero-order valence-electron chi connectivity index (χ0n) is 16.8. The molecule has 3 rings (SSSR count).